The normalized spacial score (nSPS) is 15.5. The summed E-state index contributed by atoms with van der Waals surface area (Å²) in [6, 6.07) is 14.0. The van der Waals surface area contributed by atoms with Gasteiger partial charge in [-0.1, -0.05) is 60.7 Å². The van der Waals surface area contributed by atoms with Crippen molar-refractivity contribution in [1.29, 1.82) is 0 Å². The highest BCUT2D eigenvalue weighted by Crippen LogP contribution is 2.35. The van der Waals surface area contributed by atoms with Gasteiger partial charge in [0.1, 0.15) is 5.76 Å². The predicted molar refractivity (Wildman–Crippen MR) is 147 cm³/mol. The van der Waals surface area contributed by atoms with E-state index >= 15 is 0 Å². The van der Waals surface area contributed by atoms with Crippen LogP contribution in [0.25, 0.3) is 22.0 Å². The number of hydrogen-bond donors (Lipinski definition) is 1. The quantitative estimate of drug-likeness (QED) is 0.290. The molecule has 0 unspecified atom stereocenters. The average molecular weight is 502 g/mol. The highest BCUT2D eigenvalue weighted by molar-refractivity contribution is 7.94. The predicted octanol–water partition coefficient (Wildman–Crippen LogP) is 6.32. The first kappa shape index (κ1) is 25.3. The van der Waals surface area contributed by atoms with Crippen LogP contribution in [0.15, 0.2) is 102 Å². The van der Waals surface area contributed by atoms with Crippen molar-refractivity contribution < 1.29 is 13.2 Å². The van der Waals surface area contributed by atoms with Gasteiger partial charge in [-0.15, -0.1) is 0 Å². The maximum Gasteiger partial charge on any atom is 0.261 e. The molecule has 0 radical (unpaired) electrons. The zero-order chi connectivity index (χ0) is 25.7. The molecule has 0 atom stereocenters. The molecule has 0 saturated carbocycles. The van der Waals surface area contributed by atoms with E-state index < -0.39 is 10.0 Å². The Morgan fingerprint density at radius 2 is 1.86 bits per heavy atom. The molecule has 0 amide bonds. The molecule has 6 nitrogen and oxygen atoms in total. The molecule has 2 aromatic carbocycles. The monoisotopic (exact) mass is 501 g/mol. The van der Waals surface area contributed by atoms with Crippen molar-refractivity contribution >= 4 is 32.1 Å². The van der Waals surface area contributed by atoms with E-state index in [9.17, 15) is 8.42 Å². The molecule has 0 aliphatic heterocycles. The minimum absolute atomic E-state index is 0.291. The lowest BCUT2D eigenvalue weighted by atomic mass is 9.94. The number of sulfonamides is 1. The Kier molecular flexibility index (Phi) is 7.60. The summed E-state index contributed by atoms with van der Waals surface area (Å²) in [6.07, 6.45) is 14.3. The largest absolute Gasteiger partial charge is 0.494 e. The summed E-state index contributed by atoms with van der Waals surface area (Å²) in [5, 5.41) is 2.10. The number of allylic oxidation sites excluding steroid dienone is 8. The van der Waals surface area contributed by atoms with Crippen LogP contribution >= 0.6 is 0 Å². The first-order valence-corrected chi connectivity index (χ1v) is 13.3. The number of aryl methyl sites for hydroxylation is 1. The second-order valence-electron chi connectivity index (χ2n) is 8.60. The Hall–Kier alpha value is -3.84. The average Bonchev–Trinajstić information content (AvgIpc) is 3.31. The molecule has 1 heterocycles. The number of ether oxygens (including phenoxy) is 1. The third-order valence-electron chi connectivity index (χ3n) is 5.91. The molecule has 1 N–H and O–H groups in total. The van der Waals surface area contributed by atoms with E-state index in [0.717, 1.165) is 39.7 Å². The van der Waals surface area contributed by atoms with Crippen molar-refractivity contribution in [3.63, 3.8) is 0 Å². The van der Waals surface area contributed by atoms with Crippen LogP contribution in [-0.2, 0) is 14.8 Å². The highest BCUT2D eigenvalue weighted by Gasteiger charge is 2.25. The summed E-state index contributed by atoms with van der Waals surface area (Å²) in [4.78, 5) is 4.58. The van der Waals surface area contributed by atoms with E-state index in [-0.39, 0.29) is 0 Å². The Bertz CT molecular complexity index is 1530. The standard InChI is InChI=1S/C29H31N3O3S/c1-5-11-27(32-19-22(3)30-20-32)28(35-4)18-21(2)31-36(33,34)29-17-9-8-15-26(29)25-16-10-13-23-12-6-7-14-24(23)25/h5-7,10-20,31H,8-9H2,1-4H3/b11-5-,21-18+,28-27-. The Morgan fingerprint density at radius 3 is 2.58 bits per heavy atom. The van der Waals surface area contributed by atoms with Gasteiger partial charge in [0.2, 0.25) is 0 Å². The Labute approximate surface area is 213 Å². The van der Waals surface area contributed by atoms with Gasteiger partial charge in [0, 0.05) is 18.0 Å². The first-order chi connectivity index (χ1) is 17.3. The molecule has 3 aromatic rings. The minimum atomic E-state index is -3.84. The fourth-order valence-electron chi connectivity index (χ4n) is 4.35. The maximum atomic E-state index is 13.6. The number of rotatable bonds is 8. The molecule has 1 aromatic heterocycles. The summed E-state index contributed by atoms with van der Waals surface area (Å²) in [5.74, 6) is 0.508. The zero-order valence-corrected chi connectivity index (χ0v) is 21.8. The summed E-state index contributed by atoms with van der Waals surface area (Å²) >= 11 is 0. The fraction of sp³-hybridized carbons (Fsp3) is 0.207. The Morgan fingerprint density at radius 1 is 1.11 bits per heavy atom. The number of hydrogen-bond acceptors (Lipinski definition) is 4. The SMILES string of the molecule is C\C=C/C(=C(\C=C(/C)NS(=O)(=O)C1=CCCC=C1c1cccc2ccccc12)OC)n1cnc(C)c1. The van der Waals surface area contributed by atoms with Crippen molar-refractivity contribution in [2.75, 3.05) is 7.11 Å². The van der Waals surface area contributed by atoms with E-state index in [4.69, 9.17) is 4.74 Å². The molecule has 0 saturated heterocycles. The van der Waals surface area contributed by atoms with Crippen molar-refractivity contribution in [3.05, 3.63) is 113 Å². The molecule has 1 aliphatic rings. The fourth-order valence-corrected chi connectivity index (χ4v) is 5.76. The van der Waals surface area contributed by atoms with Crippen LogP contribution in [0.5, 0.6) is 0 Å². The number of aromatic nitrogens is 2. The lowest BCUT2D eigenvalue weighted by Crippen LogP contribution is -2.25. The van der Waals surface area contributed by atoms with Crippen LogP contribution in [-0.4, -0.2) is 25.1 Å². The van der Waals surface area contributed by atoms with Gasteiger partial charge in [-0.3, -0.25) is 4.72 Å². The van der Waals surface area contributed by atoms with Crippen LogP contribution in [0, 0.1) is 6.92 Å². The molecule has 1 aliphatic carbocycles. The van der Waals surface area contributed by atoms with Gasteiger partial charge in [0.15, 0.2) is 0 Å². The second kappa shape index (κ2) is 10.8. The number of imidazole rings is 1. The van der Waals surface area contributed by atoms with Crippen molar-refractivity contribution in [3.8, 4) is 0 Å². The smallest absolute Gasteiger partial charge is 0.261 e. The number of nitrogens with zero attached hydrogens (tertiary/aromatic N) is 2. The van der Waals surface area contributed by atoms with Crippen molar-refractivity contribution in [2.24, 2.45) is 0 Å². The summed E-state index contributed by atoms with van der Waals surface area (Å²) in [7, 11) is -2.28. The topological polar surface area (TPSA) is 73.2 Å². The summed E-state index contributed by atoms with van der Waals surface area (Å²) < 4.78 is 37.5. The van der Waals surface area contributed by atoms with Gasteiger partial charge >= 0.3 is 0 Å². The highest BCUT2D eigenvalue weighted by atomic mass is 32.2. The maximum absolute atomic E-state index is 13.6. The van der Waals surface area contributed by atoms with E-state index in [1.807, 2.05) is 85.3 Å². The van der Waals surface area contributed by atoms with E-state index in [1.54, 1.807) is 32.5 Å². The van der Waals surface area contributed by atoms with Gasteiger partial charge in [-0.25, -0.2) is 13.4 Å². The number of nitrogens with one attached hydrogen (secondary N) is 1. The first-order valence-electron chi connectivity index (χ1n) is 11.9. The minimum Gasteiger partial charge on any atom is -0.494 e. The molecular formula is C29H31N3O3S. The van der Waals surface area contributed by atoms with Crippen molar-refractivity contribution in [2.45, 2.75) is 33.6 Å². The summed E-state index contributed by atoms with van der Waals surface area (Å²) in [5.41, 5.74) is 3.69. The molecule has 4 rings (SSSR count). The number of benzene rings is 2. The van der Waals surface area contributed by atoms with Crippen LogP contribution in [0.2, 0.25) is 0 Å². The van der Waals surface area contributed by atoms with Gasteiger partial charge in [0.25, 0.3) is 10.0 Å². The van der Waals surface area contributed by atoms with Crippen LogP contribution in [0.3, 0.4) is 0 Å². The van der Waals surface area contributed by atoms with E-state index in [0.29, 0.717) is 22.8 Å². The van der Waals surface area contributed by atoms with Crippen LogP contribution in [0.4, 0.5) is 0 Å². The lowest BCUT2D eigenvalue weighted by Gasteiger charge is -2.20. The van der Waals surface area contributed by atoms with Gasteiger partial charge in [-0.2, -0.15) is 0 Å². The molecule has 0 spiro atoms. The molecule has 186 valence electrons. The van der Waals surface area contributed by atoms with Gasteiger partial charge < -0.3 is 9.30 Å². The molecule has 0 fully saturated rings. The molecular weight excluding hydrogens is 470 g/mol. The molecule has 0 bridgehead atoms. The Balaban J connectivity index is 1.70. The zero-order valence-electron chi connectivity index (χ0n) is 21.0. The van der Waals surface area contributed by atoms with Gasteiger partial charge in [0.05, 0.1) is 29.7 Å². The lowest BCUT2D eigenvalue weighted by molar-refractivity contribution is 0.307. The van der Waals surface area contributed by atoms with Gasteiger partial charge in [-0.05, 0) is 61.6 Å². The van der Waals surface area contributed by atoms with Crippen LogP contribution < -0.4 is 4.72 Å². The van der Waals surface area contributed by atoms with Crippen molar-refractivity contribution in [1.82, 2.24) is 14.3 Å². The van der Waals surface area contributed by atoms with E-state index in [2.05, 4.69) is 9.71 Å². The molecule has 36 heavy (non-hydrogen) atoms. The molecule has 7 heteroatoms. The van der Waals surface area contributed by atoms with Crippen LogP contribution in [0.1, 0.15) is 37.9 Å². The van der Waals surface area contributed by atoms with E-state index in [1.165, 1.54) is 0 Å². The number of methoxy groups -OCH3 is 1. The number of fused-ring (bicyclic) bond motifs is 1. The summed E-state index contributed by atoms with van der Waals surface area (Å²) in [6.45, 7) is 5.53. The third kappa shape index (κ3) is 5.36. The third-order valence-corrected chi connectivity index (χ3v) is 7.47. The second-order valence-corrected chi connectivity index (χ2v) is 10.2.